The highest BCUT2D eigenvalue weighted by atomic mass is 16.7. The van der Waals surface area contributed by atoms with Crippen LogP contribution in [0.2, 0.25) is 0 Å². The lowest BCUT2D eigenvalue weighted by atomic mass is 9.88. The van der Waals surface area contributed by atoms with Crippen molar-refractivity contribution in [2.75, 3.05) is 41.2 Å². The van der Waals surface area contributed by atoms with Gasteiger partial charge in [0.25, 0.3) is 0 Å². The molecule has 0 bridgehead atoms. The largest absolute Gasteiger partial charge is 0.395 e. The number of hydrogen-bond acceptors (Lipinski definition) is 14. The van der Waals surface area contributed by atoms with E-state index in [4.69, 9.17) is 33.2 Å². The lowest BCUT2D eigenvalue weighted by Crippen LogP contribution is -2.69. The highest BCUT2D eigenvalue weighted by molar-refractivity contribution is 5.01. The van der Waals surface area contributed by atoms with Crippen molar-refractivity contribution in [2.45, 2.75) is 105 Å². The maximum Gasteiger partial charge on any atom is 0.187 e. The summed E-state index contributed by atoms with van der Waals surface area (Å²) < 4.78 is 39.7. The van der Waals surface area contributed by atoms with Crippen LogP contribution in [0, 0.1) is 0 Å². The zero-order chi connectivity index (χ0) is 27.3. The summed E-state index contributed by atoms with van der Waals surface area (Å²) in [5, 5.41) is 65.8. The fourth-order valence-corrected chi connectivity index (χ4v) is 5.16. The number of aliphatic hydroxyl groups excluding tert-OH is 6. The van der Waals surface area contributed by atoms with Crippen molar-refractivity contribution in [2.24, 2.45) is 0 Å². The molecule has 14 nitrogen and oxygen atoms in total. The van der Waals surface area contributed by atoms with Gasteiger partial charge in [-0.15, -0.1) is 0 Å². The number of ether oxygens (including phenoxy) is 7. The van der Waals surface area contributed by atoms with Crippen LogP contribution in [-0.4, -0.2) is 157 Å². The van der Waals surface area contributed by atoms with Crippen molar-refractivity contribution in [3.05, 3.63) is 0 Å². The minimum Gasteiger partial charge on any atom is -0.395 e. The average Bonchev–Trinajstić information content (AvgIpc) is 2.88. The number of methoxy groups -OCH3 is 3. The highest BCUT2D eigenvalue weighted by Crippen LogP contribution is 2.32. The van der Waals surface area contributed by atoms with Gasteiger partial charge in [-0.2, -0.15) is 0 Å². The Morgan fingerprint density at radius 1 is 0.757 bits per heavy atom. The number of rotatable bonds is 11. The van der Waals surface area contributed by atoms with E-state index < -0.39 is 85.7 Å². The van der Waals surface area contributed by atoms with Gasteiger partial charge in [-0.1, -0.05) is 6.92 Å². The summed E-state index contributed by atoms with van der Waals surface area (Å²) in [7, 11) is 4.21. The second-order valence-electron chi connectivity index (χ2n) is 9.70. The molecule has 3 aliphatic heterocycles. The summed E-state index contributed by atoms with van der Waals surface area (Å²) in [6, 6.07) is -1.19. The first-order chi connectivity index (χ1) is 17.7. The molecular weight excluding hydrogens is 498 g/mol. The van der Waals surface area contributed by atoms with Crippen LogP contribution in [0.25, 0.3) is 0 Å². The van der Waals surface area contributed by atoms with Gasteiger partial charge in [0, 0.05) is 33.8 Å². The molecule has 0 aromatic heterocycles. The van der Waals surface area contributed by atoms with Crippen LogP contribution in [0.4, 0.5) is 0 Å². The molecule has 7 N–H and O–H groups in total. The third-order valence-electron chi connectivity index (χ3n) is 7.25. The topological polar surface area (TPSA) is 198 Å². The molecular formula is C23H43NO13. The van der Waals surface area contributed by atoms with Crippen molar-refractivity contribution in [1.29, 1.82) is 0 Å². The first-order valence-corrected chi connectivity index (χ1v) is 12.6. The van der Waals surface area contributed by atoms with E-state index in [9.17, 15) is 30.6 Å². The third-order valence-corrected chi connectivity index (χ3v) is 7.25. The Hall–Kier alpha value is -0.560. The third kappa shape index (κ3) is 6.96. The van der Waals surface area contributed by atoms with E-state index >= 15 is 0 Å². The van der Waals surface area contributed by atoms with E-state index in [0.717, 1.165) is 0 Å². The van der Waals surface area contributed by atoms with Gasteiger partial charge in [0.05, 0.1) is 32.0 Å². The molecule has 0 aliphatic carbocycles. The zero-order valence-electron chi connectivity index (χ0n) is 21.7. The van der Waals surface area contributed by atoms with E-state index in [1.165, 1.54) is 21.3 Å². The molecule has 0 radical (unpaired) electrons. The summed E-state index contributed by atoms with van der Waals surface area (Å²) in [5.74, 6) is 0. The van der Waals surface area contributed by atoms with Gasteiger partial charge in [-0.05, 0) is 6.42 Å². The quantitative estimate of drug-likeness (QED) is 0.136. The van der Waals surface area contributed by atoms with Crippen molar-refractivity contribution >= 4 is 0 Å². The predicted octanol–water partition coefficient (Wildman–Crippen LogP) is -3.55. The molecule has 0 spiro atoms. The molecule has 0 amide bonds. The van der Waals surface area contributed by atoms with Crippen molar-refractivity contribution in [3.63, 3.8) is 0 Å². The van der Waals surface area contributed by atoms with Crippen LogP contribution in [-0.2, 0) is 33.2 Å². The fraction of sp³-hybridized carbons (Fsp3) is 1.00. The summed E-state index contributed by atoms with van der Waals surface area (Å²) >= 11 is 0. The van der Waals surface area contributed by atoms with Crippen LogP contribution >= 0.6 is 0 Å². The normalized spacial score (nSPS) is 47.2. The average molecular weight is 542 g/mol. The Labute approximate surface area is 216 Å². The second kappa shape index (κ2) is 14.2. The molecule has 14 heteroatoms. The molecule has 1 unspecified atom stereocenters. The number of aliphatic hydroxyl groups is 6. The molecule has 3 fully saturated rings. The van der Waals surface area contributed by atoms with Crippen molar-refractivity contribution in [1.82, 2.24) is 5.32 Å². The Morgan fingerprint density at radius 3 is 1.97 bits per heavy atom. The van der Waals surface area contributed by atoms with E-state index in [-0.39, 0.29) is 26.2 Å². The zero-order valence-corrected chi connectivity index (χ0v) is 21.7. The van der Waals surface area contributed by atoms with Gasteiger partial charge in [-0.3, -0.25) is 0 Å². The standard InChI is InChI=1S/C23H43NO13/c1-5-10-20(37-23-22(33-4)19(30)18(29)14(35-23)9-32-3)21(16(27)11(7-25)24-10)36-15-6-12(26)17(28)13(34-15)8-31-2/h10-30H,5-9H2,1-4H3/t10-,11+,12+,13+,14+,15-,16+,17-,18+,19-,20-,21?,22+,23-/m0/s1. The first-order valence-electron chi connectivity index (χ1n) is 12.6. The second-order valence-corrected chi connectivity index (χ2v) is 9.70. The molecule has 3 saturated heterocycles. The molecule has 3 heterocycles. The summed E-state index contributed by atoms with van der Waals surface area (Å²) in [4.78, 5) is 0. The molecule has 218 valence electrons. The summed E-state index contributed by atoms with van der Waals surface area (Å²) in [6.45, 7) is 1.49. The molecule has 14 atom stereocenters. The van der Waals surface area contributed by atoms with Gasteiger partial charge in [0.2, 0.25) is 0 Å². The van der Waals surface area contributed by atoms with Gasteiger partial charge in [-0.25, -0.2) is 0 Å². The van der Waals surface area contributed by atoms with Crippen molar-refractivity contribution < 1.29 is 63.8 Å². The van der Waals surface area contributed by atoms with Crippen LogP contribution < -0.4 is 5.32 Å². The number of piperidine rings is 1. The molecule has 0 aromatic carbocycles. The van der Waals surface area contributed by atoms with Crippen LogP contribution in [0.15, 0.2) is 0 Å². The van der Waals surface area contributed by atoms with E-state index in [1.807, 2.05) is 6.92 Å². The Kier molecular flexibility index (Phi) is 11.9. The van der Waals surface area contributed by atoms with Gasteiger partial charge < -0.3 is 69.1 Å². The highest BCUT2D eigenvalue weighted by Gasteiger charge is 2.52. The van der Waals surface area contributed by atoms with Crippen molar-refractivity contribution in [3.8, 4) is 0 Å². The Bertz CT molecular complexity index is 675. The number of nitrogens with one attached hydrogen (secondary N) is 1. The first kappa shape index (κ1) is 31.0. The lowest BCUT2D eigenvalue weighted by molar-refractivity contribution is -0.345. The molecule has 37 heavy (non-hydrogen) atoms. The van der Waals surface area contributed by atoms with Crippen LogP contribution in [0.5, 0.6) is 0 Å². The maximum atomic E-state index is 11.1. The molecule has 3 aliphatic rings. The molecule has 0 saturated carbocycles. The fourth-order valence-electron chi connectivity index (χ4n) is 5.16. The Balaban J connectivity index is 1.85. The SMILES string of the molecule is CC[C@@H]1N[C@H](CO)[C@@H](O)C(O[C@H]2C[C@@H](O)[C@H](O)[C@@H](COC)O2)[C@H]1O[C@@H]1O[C@H](COC)[C@@H](O)[C@H](O)[C@H]1OC. The Morgan fingerprint density at radius 2 is 1.41 bits per heavy atom. The lowest BCUT2D eigenvalue weighted by Gasteiger charge is -2.49. The molecule has 3 rings (SSSR count). The summed E-state index contributed by atoms with van der Waals surface area (Å²) in [5.41, 5.74) is 0. The van der Waals surface area contributed by atoms with Crippen LogP contribution in [0.3, 0.4) is 0 Å². The van der Waals surface area contributed by atoms with E-state index in [1.54, 1.807) is 0 Å². The van der Waals surface area contributed by atoms with Gasteiger partial charge in [0.15, 0.2) is 12.6 Å². The number of hydrogen-bond donors (Lipinski definition) is 7. The minimum absolute atomic E-state index is 0.0101. The maximum absolute atomic E-state index is 11.1. The van der Waals surface area contributed by atoms with Crippen LogP contribution in [0.1, 0.15) is 19.8 Å². The monoisotopic (exact) mass is 541 g/mol. The predicted molar refractivity (Wildman–Crippen MR) is 124 cm³/mol. The molecule has 0 aromatic rings. The minimum atomic E-state index is -1.34. The van der Waals surface area contributed by atoms with E-state index in [2.05, 4.69) is 5.32 Å². The smallest absolute Gasteiger partial charge is 0.187 e. The van der Waals surface area contributed by atoms with Gasteiger partial charge >= 0.3 is 0 Å². The van der Waals surface area contributed by atoms with Gasteiger partial charge in [0.1, 0.15) is 54.9 Å². The summed E-state index contributed by atoms with van der Waals surface area (Å²) in [6.07, 6.45) is -12.8. The van der Waals surface area contributed by atoms with E-state index in [0.29, 0.717) is 6.42 Å².